The van der Waals surface area contributed by atoms with E-state index in [2.05, 4.69) is 31.9 Å². The predicted octanol–water partition coefficient (Wildman–Crippen LogP) is -3.01. The number of phenolic OH excluding ortho intramolecular Hbond substituents is 1. The molecule has 0 saturated heterocycles. The van der Waals surface area contributed by atoms with E-state index >= 15 is 0 Å². The zero-order valence-corrected chi connectivity index (χ0v) is 34.3. The number of hydrazine groups is 1. The molecule has 23 nitrogen and oxygen atoms in total. The van der Waals surface area contributed by atoms with Crippen LogP contribution in [0.2, 0.25) is 0 Å². The summed E-state index contributed by atoms with van der Waals surface area (Å²) in [6.07, 6.45) is -0.0933. The highest BCUT2D eigenvalue weighted by Gasteiger charge is 2.33. The first-order chi connectivity index (χ1) is 29.3. The van der Waals surface area contributed by atoms with Crippen LogP contribution in [0.1, 0.15) is 57.1 Å². The van der Waals surface area contributed by atoms with Gasteiger partial charge in [0.05, 0.1) is 13.2 Å². The molecule has 2 aromatic carbocycles. The molecule has 0 fully saturated rings. The number of rotatable bonds is 28. The van der Waals surface area contributed by atoms with Crippen LogP contribution < -0.4 is 48.8 Å². The van der Waals surface area contributed by atoms with Crippen LogP contribution in [0.5, 0.6) is 5.75 Å². The molecule has 23 heteroatoms. The summed E-state index contributed by atoms with van der Waals surface area (Å²) in [5.74, 6) is -8.58. The minimum atomic E-state index is -1.74. The molecule has 0 aliphatic rings. The first-order valence-corrected chi connectivity index (χ1v) is 19.7. The molecule has 0 heterocycles. The van der Waals surface area contributed by atoms with E-state index in [0.29, 0.717) is 30.5 Å². The number of nitrogens with two attached hydrogens (primary N) is 2. The van der Waals surface area contributed by atoms with Crippen molar-refractivity contribution in [2.45, 2.75) is 95.0 Å². The SMILES string of the molecule is CC(C)[C@H](NC(=O)[C@H](CO)NC(=O)[C@H](CCC(N)=O)NC(=O)[C@H](Cc1ccc(O)cc1)N[N+](=O)[O-])C(=O)NCC(=O)N[C@@H](Cc1ccccc1)C(=O)N[C@@H](CCCCN)C(=O)O. The number of hydrogen-bond donors (Lipinski definition) is 12. The van der Waals surface area contributed by atoms with E-state index in [1.165, 1.54) is 24.3 Å². The van der Waals surface area contributed by atoms with Gasteiger partial charge in [-0.3, -0.25) is 33.6 Å². The van der Waals surface area contributed by atoms with Crippen LogP contribution in [0, 0.1) is 16.0 Å². The fraction of sp³-hybridized carbons (Fsp3) is 0.487. The minimum Gasteiger partial charge on any atom is -0.508 e. The number of unbranched alkanes of at least 4 members (excludes halogenated alkanes) is 1. The van der Waals surface area contributed by atoms with Crippen molar-refractivity contribution in [3.8, 4) is 5.75 Å². The zero-order chi connectivity index (χ0) is 46.4. The Hall–Kier alpha value is -6.88. The first kappa shape index (κ1) is 51.3. The van der Waals surface area contributed by atoms with Gasteiger partial charge in [-0.05, 0) is 61.4 Å². The van der Waals surface area contributed by atoms with Gasteiger partial charge in [-0.15, -0.1) is 5.43 Å². The number of benzene rings is 2. The van der Waals surface area contributed by atoms with E-state index in [1.54, 1.807) is 44.2 Å². The average molecular weight is 873 g/mol. The van der Waals surface area contributed by atoms with Crippen molar-refractivity contribution < 1.29 is 58.7 Å². The maximum atomic E-state index is 13.4. The number of aliphatic hydroxyl groups is 1. The predicted molar refractivity (Wildman–Crippen MR) is 219 cm³/mol. The number of carboxylic acids is 1. The number of nitro groups is 1. The number of aromatic hydroxyl groups is 1. The second-order valence-electron chi connectivity index (χ2n) is 14.6. The Morgan fingerprint density at radius 2 is 1.24 bits per heavy atom. The number of primary amides is 1. The molecular formula is C39H56N10O13. The number of nitrogens with zero attached hydrogens (tertiary/aromatic N) is 1. The first-order valence-electron chi connectivity index (χ1n) is 19.7. The molecular weight excluding hydrogens is 816 g/mol. The van der Waals surface area contributed by atoms with Gasteiger partial charge < -0.3 is 58.7 Å². The molecule has 340 valence electrons. The fourth-order valence-electron chi connectivity index (χ4n) is 5.88. The molecule has 14 N–H and O–H groups in total. The molecule has 0 saturated carbocycles. The van der Waals surface area contributed by atoms with E-state index in [4.69, 9.17) is 11.5 Å². The molecule has 7 amide bonds. The van der Waals surface area contributed by atoms with Crippen LogP contribution in [0.4, 0.5) is 0 Å². The minimum absolute atomic E-state index is 0.0241. The van der Waals surface area contributed by atoms with E-state index in [9.17, 15) is 63.8 Å². The highest BCUT2D eigenvalue weighted by Crippen LogP contribution is 2.13. The molecule has 2 rings (SSSR count). The average Bonchev–Trinajstić information content (AvgIpc) is 3.22. The lowest BCUT2D eigenvalue weighted by Gasteiger charge is -2.26. The van der Waals surface area contributed by atoms with Crippen molar-refractivity contribution in [2.24, 2.45) is 17.4 Å². The van der Waals surface area contributed by atoms with Crippen LogP contribution >= 0.6 is 0 Å². The van der Waals surface area contributed by atoms with Crippen molar-refractivity contribution in [2.75, 3.05) is 19.7 Å². The summed E-state index contributed by atoms with van der Waals surface area (Å²) >= 11 is 0. The molecule has 0 aromatic heterocycles. The highest BCUT2D eigenvalue weighted by atomic mass is 16.7. The Bertz CT molecular complexity index is 1850. The third-order valence-corrected chi connectivity index (χ3v) is 9.25. The summed E-state index contributed by atoms with van der Waals surface area (Å²) in [6.45, 7) is 1.73. The van der Waals surface area contributed by atoms with Gasteiger partial charge >= 0.3 is 5.97 Å². The van der Waals surface area contributed by atoms with Crippen LogP contribution in [0.15, 0.2) is 54.6 Å². The lowest BCUT2D eigenvalue weighted by atomic mass is 10.0. The topological polar surface area (TPSA) is 377 Å². The van der Waals surface area contributed by atoms with Gasteiger partial charge in [0.15, 0.2) is 11.1 Å². The molecule has 62 heavy (non-hydrogen) atoms. The lowest BCUT2D eigenvalue weighted by Crippen LogP contribution is -2.60. The summed E-state index contributed by atoms with van der Waals surface area (Å²) in [5, 5.41) is 53.8. The number of aliphatic hydroxyl groups excluding tert-OH is 1. The van der Waals surface area contributed by atoms with Crippen LogP contribution in [-0.4, -0.2) is 124 Å². The van der Waals surface area contributed by atoms with Crippen molar-refractivity contribution in [1.29, 1.82) is 0 Å². The monoisotopic (exact) mass is 872 g/mol. The van der Waals surface area contributed by atoms with E-state index in [-0.39, 0.29) is 25.0 Å². The van der Waals surface area contributed by atoms with Gasteiger partial charge in [0.25, 0.3) is 0 Å². The van der Waals surface area contributed by atoms with Gasteiger partial charge in [0.2, 0.25) is 41.4 Å². The maximum absolute atomic E-state index is 13.4. The summed E-state index contributed by atoms with van der Waals surface area (Å²) in [4.78, 5) is 114. The fourth-order valence-corrected chi connectivity index (χ4v) is 5.88. The number of nitrogens with one attached hydrogen (secondary N) is 7. The molecule has 0 aliphatic carbocycles. The zero-order valence-electron chi connectivity index (χ0n) is 34.3. The van der Waals surface area contributed by atoms with Gasteiger partial charge in [-0.1, -0.05) is 56.3 Å². The molecule has 0 spiro atoms. The molecule has 0 bridgehead atoms. The third-order valence-electron chi connectivity index (χ3n) is 9.25. The van der Waals surface area contributed by atoms with Crippen molar-refractivity contribution in [1.82, 2.24) is 37.3 Å². The third kappa shape index (κ3) is 18.6. The second-order valence-corrected chi connectivity index (χ2v) is 14.6. The number of phenols is 1. The lowest BCUT2D eigenvalue weighted by molar-refractivity contribution is -0.548. The number of amides is 7. The summed E-state index contributed by atoms with van der Waals surface area (Å²) < 4.78 is 0. The molecule has 2 aromatic rings. The summed E-state index contributed by atoms with van der Waals surface area (Å²) in [6, 6.07) is 5.23. The van der Waals surface area contributed by atoms with Crippen LogP contribution in [-0.2, 0) is 51.2 Å². The smallest absolute Gasteiger partial charge is 0.326 e. The Labute approximate surface area is 356 Å². The number of carbonyl (C=O) groups is 8. The van der Waals surface area contributed by atoms with E-state index in [1.807, 2.05) is 5.43 Å². The van der Waals surface area contributed by atoms with Gasteiger partial charge in [-0.25, -0.2) is 14.9 Å². The van der Waals surface area contributed by atoms with Gasteiger partial charge in [0, 0.05) is 19.3 Å². The quantitative estimate of drug-likeness (QED) is 0.0230. The summed E-state index contributed by atoms with van der Waals surface area (Å²) in [5.41, 5.74) is 13.6. The standard InChI is InChI=1S/C39H56N10O13/c1-22(2)33(38(58)42-20-32(53)43-28(18-23-8-4-3-5-9-23)35(55)45-27(39(59)60)10-6-7-17-40)47-37(57)30(21-50)46-34(54)26(15-16-31(41)52)44-36(56)29(48-49(61)62)19-24-11-13-25(51)14-12-24/h3-5,8-9,11-14,22,26-30,33,48,50-51H,6-7,10,15-21,40H2,1-2H3,(H2,41,52)(H,42,58)(H,43,53)(H,44,56)(H,45,55)(H,46,54)(H,47,57)(H,59,60)/t26-,27-,28-,29-,30-,33-/m0/s1. The van der Waals surface area contributed by atoms with Gasteiger partial charge in [0.1, 0.15) is 36.0 Å². The largest absolute Gasteiger partial charge is 0.508 e. The summed E-state index contributed by atoms with van der Waals surface area (Å²) in [7, 11) is 0. The number of carboxylic acid groups (broad SMARTS) is 1. The highest BCUT2D eigenvalue weighted by molar-refractivity contribution is 5.96. The Morgan fingerprint density at radius 1 is 0.694 bits per heavy atom. The van der Waals surface area contributed by atoms with Crippen molar-refractivity contribution in [3.05, 3.63) is 75.8 Å². The molecule has 0 unspecified atom stereocenters. The number of aliphatic carboxylic acids is 1. The Morgan fingerprint density at radius 3 is 1.81 bits per heavy atom. The molecule has 0 radical (unpaired) electrons. The molecule has 0 aliphatic heterocycles. The van der Waals surface area contributed by atoms with E-state index < -0.39 is 121 Å². The van der Waals surface area contributed by atoms with E-state index in [0.717, 1.165) is 0 Å². The Kier molecular flexibility index (Phi) is 21.8. The van der Waals surface area contributed by atoms with Crippen LogP contribution in [0.25, 0.3) is 0 Å². The Balaban J connectivity index is 2.14. The van der Waals surface area contributed by atoms with Gasteiger partial charge in [-0.2, -0.15) is 0 Å². The number of carbonyl (C=O) groups excluding carboxylic acids is 7. The van der Waals surface area contributed by atoms with Crippen LogP contribution in [0.3, 0.4) is 0 Å². The number of hydrogen-bond acceptors (Lipinski definition) is 13. The maximum Gasteiger partial charge on any atom is 0.326 e. The normalized spacial score (nSPS) is 13.8. The second kappa shape index (κ2) is 26.4. The molecule has 6 atom stereocenters. The van der Waals surface area contributed by atoms with Crippen molar-refractivity contribution in [3.63, 3.8) is 0 Å². The van der Waals surface area contributed by atoms with Crippen molar-refractivity contribution >= 4 is 47.3 Å².